The molecular weight excluding hydrogens is 416 g/mol. The fourth-order valence-electron chi connectivity index (χ4n) is 4.45. The van der Waals surface area contributed by atoms with Crippen molar-refractivity contribution in [3.05, 3.63) is 83.4 Å². The van der Waals surface area contributed by atoms with Gasteiger partial charge in [-0.2, -0.15) is 5.10 Å². The van der Waals surface area contributed by atoms with Crippen LogP contribution in [0, 0.1) is 0 Å². The SMILES string of the molecule is CCOc1ccc(C2Oc3c(OCC)cccc3C3CC(c4cccc(OC)c4)=NN32)cc1. The fourth-order valence-corrected chi connectivity index (χ4v) is 4.45. The van der Waals surface area contributed by atoms with Crippen LogP contribution >= 0.6 is 0 Å². The van der Waals surface area contributed by atoms with Crippen molar-refractivity contribution in [1.29, 1.82) is 0 Å². The molecule has 2 aliphatic heterocycles. The Labute approximate surface area is 194 Å². The van der Waals surface area contributed by atoms with Crippen LogP contribution in [0.1, 0.15) is 49.2 Å². The van der Waals surface area contributed by atoms with E-state index in [1.54, 1.807) is 7.11 Å². The van der Waals surface area contributed by atoms with Crippen LogP contribution in [0.15, 0.2) is 71.8 Å². The Morgan fingerprint density at radius 1 is 0.939 bits per heavy atom. The summed E-state index contributed by atoms with van der Waals surface area (Å²) in [5, 5.41) is 7.12. The van der Waals surface area contributed by atoms with E-state index in [0.29, 0.717) is 13.2 Å². The molecule has 0 saturated carbocycles. The van der Waals surface area contributed by atoms with Gasteiger partial charge < -0.3 is 18.9 Å². The molecule has 0 spiro atoms. The normalized spacial score (nSPS) is 18.6. The van der Waals surface area contributed by atoms with E-state index in [2.05, 4.69) is 17.1 Å². The quantitative estimate of drug-likeness (QED) is 0.465. The molecular formula is C27H28N2O4. The van der Waals surface area contributed by atoms with E-state index in [4.69, 9.17) is 24.0 Å². The van der Waals surface area contributed by atoms with Crippen molar-refractivity contribution in [3.8, 4) is 23.0 Å². The summed E-state index contributed by atoms with van der Waals surface area (Å²) >= 11 is 0. The van der Waals surface area contributed by atoms with E-state index in [-0.39, 0.29) is 12.3 Å². The van der Waals surface area contributed by atoms with Gasteiger partial charge in [-0.25, -0.2) is 5.01 Å². The summed E-state index contributed by atoms with van der Waals surface area (Å²) in [6.45, 7) is 5.17. The third kappa shape index (κ3) is 3.97. The van der Waals surface area contributed by atoms with Crippen molar-refractivity contribution >= 4 is 5.71 Å². The average Bonchev–Trinajstić information content (AvgIpc) is 3.31. The number of para-hydroxylation sites is 1. The lowest BCUT2D eigenvalue weighted by molar-refractivity contribution is -0.0212. The first kappa shape index (κ1) is 21.2. The Bertz CT molecular complexity index is 1160. The molecule has 0 saturated heterocycles. The third-order valence-corrected chi connectivity index (χ3v) is 5.96. The van der Waals surface area contributed by atoms with Crippen LogP contribution in [-0.4, -0.2) is 31.0 Å². The second-order valence-electron chi connectivity index (χ2n) is 7.96. The molecule has 0 radical (unpaired) electrons. The van der Waals surface area contributed by atoms with Gasteiger partial charge in [-0.3, -0.25) is 0 Å². The van der Waals surface area contributed by atoms with E-state index in [0.717, 1.165) is 51.8 Å². The summed E-state index contributed by atoms with van der Waals surface area (Å²) in [7, 11) is 1.68. The summed E-state index contributed by atoms with van der Waals surface area (Å²) in [6.07, 6.45) is 0.398. The molecule has 0 N–H and O–H groups in total. The largest absolute Gasteiger partial charge is 0.497 e. The van der Waals surface area contributed by atoms with E-state index in [1.165, 1.54) is 0 Å². The van der Waals surface area contributed by atoms with Gasteiger partial charge in [0.15, 0.2) is 11.5 Å². The number of hydrogen-bond donors (Lipinski definition) is 0. The maximum atomic E-state index is 6.57. The zero-order chi connectivity index (χ0) is 22.8. The number of rotatable bonds is 7. The van der Waals surface area contributed by atoms with Crippen LogP contribution in [-0.2, 0) is 0 Å². The number of nitrogens with zero attached hydrogens (tertiary/aromatic N) is 2. The lowest BCUT2D eigenvalue weighted by atomic mass is 9.95. The van der Waals surface area contributed by atoms with E-state index in [9.17, 15) is 0 Å². The monoisotopic (exact) mass is 444 g/mol. The van der Waals surface area contributed by atoms with E-state index in [1.807, 2.05) is 68.4 Å². The van der Waals surface area contributed by atoms with Crippen LogP contribution in [0.5, 0.6) is 23.0 Å². The molecule has 2 unspecified atom stereocenters. The summed E-state index contributed by atoms with van der Waals surface area (Å²) in [4.78, 5) is 0. The van der Waals surface area contributed by atoms with Gasteiger partial charge in [0.1, 0.15) is 11.5 Å². The molecule has 3 aromatic rings. The number of methoxy groups -OCH3 is 1. The number of ether oxygens (including phenoxy) is 4. The first-order chi connectivity index (χ1) is 16.2. The van der Waals surface area contributed by atoms with Gasteiger partial charge >= 0.3 is 0 Å². The van der Waals surface area contributed by atoms with Crippen molar-refractivity contribution in [2.24, 2.45) is 5.10 Å². The van der Waals surface area contributed by atoms with Crippen LogP contribution in [0.3, 0.4) is 0 Å². The molecule has 2 aliphatic rings. The smallest absolute Gasteiger partial charge is 0.214 e. The zero-order valence-electron chi connectivity index (χ0n) is 19.2. The van der Waals surface area contributed by atoms with E-state index < -0.39 is 0 Å². The topological polar surface area (TPSA) is 52.5 Å². The molecule has 5 rings (SSSR count). The Balaban J connectivity index is 1.57. The summed E-state index contributed by atoms with van der Waals surface area (Å²) in [6, 6.07) is 22.2. The van der Waals surface area contributed by atoms with Gasteiger partial charge in [-0.05, 0) is 56.3 Å². The maximum Gasteiger partial charge on any atom is 0.214 e. The van der Waals surface area contributed by atoms with Crippen molar-refractivity contribution in [2.45, 2.75) is 32.5 Å². The molecule has 0 bridgehead atoms. The fraction of sp³-hybridized carbons (Fsp3) is 0.296. The van der Waals surface area contributed by atoms with Crippen molar-refractivity contribution in [1.82, 2.24) is 5.01 Å². The van der Waals surface area contributed by atoms with Crippen LogP contribution in [0.25, 0.3) is 0 Å². The summed E-state index contributed by atoms with van der Waals surface area (Å²) in [5.41, 5.74) is 4.16. The van der Waals surface area contributed by atoms with E-state index >= 15 is 0 Å². The minimum atomic E-state index is -0.372. The molecule has 3 aromatic carbocycles. The zero-order valence-corrected chi connectivity index (χ0v) is 19.2. The average molecular weight is 445 g/mol. The molecule has 6 heteroatoms. The van der Waals surface area contributed by atoms with Crippen LogP contribution < -0.4 is 18.9 Å². The Morgan fingerprint density at radius 3 is 2.48 bits per heavy atom. The highest BCUT2D eigenvalue weighted by Gasteiger charge is 2.42. The first-order valence-electron chi connectivity index (χ1n) is 11.4. The highest BCUT2D eigenvalue weighted by molar-refractivity contribution is 6.02. The molecule has 0 aromatic heterocycles. The Kier molecular flexibility index (Phi) is 5.82. The van der Waals surface area contributed by atoms with Gasteiger partial charge in [-0.15, -0.1) is 0 Å². The summed E-state index contributed by atoms with van der Waals surface area (Å²) in [5.74, 6) is 3.21. The lowest BCUT2D eigenvalue weighted by Crippen LogP contribution is -2.33. The lowest BCUT2D eigenvalue weighted by Gasteiger charge is -2.38. The third-order valence-electron chi connectivity index (χ3n) is 5.96. The van der Waals surface area contributed by atoms with Crippen LogP contribution in [0.4, 0.5) is 0 Å². The maximum absolute atomic E-state index is 6.57. The molecule has 2 atom stereocenters. The standard InChI is InChI=1S/C27H28N2O4/c1-4-31-20-14-12-18(13-15-20)27-29-24(22-10-7-11-25(32-5-2)26(22)33-27)17-23(28-29)19-8-6-9-21(16-19)30-3/h6-16,24,27H,4-5,17H2,1-3H3. The van der Waals surface area contributed by atoms with Gasteiger partial charge in [-0.1, -0.05) is 24.3 Å². The van der Waals surface area contributed by atoms with Gasteiger partial charge in [0.05, 0.1) is 32.1 Å². The molecule has 170 valence electrons. The predicted octanol–water partition coefficient (Wildman–Crippen LogP) is 5.73. The van der Waals surface area contributed by atoms with Gasteiger partial charge in [0.2, 0.25) is 6.23 Å². The first-order valence-corrected chi connectivity index (χ1v) is 11.4. The molecule has 0 fully saturated rings. The van der Waals surface area contributed by atoms with Crippen molar-refractivity contribution in [2.75, 3.05) is 20.3 Å². The van der Waals surface area contributed by atoms with Crippen molar-refractivity contribution in [3.63, 3.8) is 0 Å². The van der Waals surface area contributed by atoms with Gasteiger partial charge in [0, 0.05) is 23.1 Å². The number of fused-ring (bicyclic) bond motifs is 3. The predicted molar refractivity (Wildman–Crippen MR) is 127 cm³/mol. The highest BCUT2D eigenvalue weighted by Crippen LogP contribution is 2.50. The Hall–Kier alpha value is -3.67. The molecule has 2 heterocycles. The number of benzene rings is 3. The molecule has 6 nitrogen and oxygen atoms in total. The van der Waals surface area contributed by atoms with Crippen molar-refractivity contribution < 1.29 is 18.9 Å². The molecule has 0 amide bonds. The minimum absolute atomic E-state index is 0.0481. The number of hydrogen-bond acceptors (Lipinski definition) is 6. The Morgan fingerprint density at radius 2 is 1.73 bits per heavy atom. The second-order valence-corrected chi connectivity index (χ2v) is 7.96. The minimum Gasteiger partial charge on any atom is -0.497 e. The van der Waals surface area contributed by atoms with Gasteiger partial charge in [0.25, 0.3) is 0 Å². The van der Waals surface area contributed by atoms with Crippen LogP contribution in [0.2, 0.25) is 0 Å². The highest BCUT2D eigenvalue weighted by atomic mass is 16.5. The second kappa shape index (κ2) is 9.06. The number of hydrazone groups is 1. The summed E-state index contributed by atoms with van der Waals surface area (Å²) < 4.78 is 23.5. The molecule has 33 heavy (non-hydrogen) atoms. The molecule has 0 aliphatic carbocycles.